The van der Waals surface area contributed by atoms with Gasteiger partial charge in [-0.15, -0.1) is 0 Å². The van der Waals surface area contributed by atoms with Gasteiger partial charge < -0.3 is 4.74 Å². The monoisotopic (exact) mass is 225 g/mol. The maximum absolute atomic E-state index is 12.9. The first-order valence-corrected chi connectivity index (χ1v) is 5.40. The predicted octanol–water partition coefficient (Wildman–Crippen LogP) is 1.16. The van der Waals surface area contributed by atoms with Crippen molar-refractivity contribution >= 4 is 19.7 Å². The van der Waals surface area contributed by atoms with Crippen LogP contribution >= 0.6 is 10.7 Å². The smallest absolute Gasteiger partial charge is 0.278 e. The zero-order valence-corrected chi connectivity index (χ0v) is 8.06. The maximum atomic E-state index is 12.9. The lowest BCUT2D eigenvalue weighted by molar-refractivity contribution is 0.382. The van der Waals surface area contributed by atoms with Gasteiger partial charge in [0.15, 0.2) is 16.6 Å². The molecule has 0 atom stereocenters. The summed E-state index contributed by atoms with van der Waals surface area (Å²) in [5.74, 6) is -0.958. The van der Waals surface area contributed by atoms with E-state index in [2.05, 4.69) is 9.72 Å². The summed E-state index contributed by atoms with van der Waals surface area (Å²) < 4.78 is 38.8. The van der Waals surface area contributed by atoms with Crippen LogP contribution in [-0.4, -0.2) is 20.5 Å². The first kappa shape index (κ1) is 10.2. The summed E-state index contributed by atoms with van der Waals surface area (Å²) in [5.41, 5.74) is 0. The number of nitrogens with zero attached hydrogens (tertiary/aromatic N) is 1. The number of hydrogen-bond donors (Lipinski definition) is 0. The van der Waals surface area contributed by atoms with Gasteiger partial charge in [0, 0.05) is 16.7 Å². The topological polar surface area (TPSA) is 56.3 Å². The fraction of sp³-hybridized carbons (Fsp3) is 0.167. The zero-order chi connectivity index (χ0) is 10.1. The molecular weight excluding hydrogens is 221 g/mol. The van der Waals surface area contributed by atoms with Crippen LogP contribution in [0.15, 0.2) is 17.3 Å². The molecule has 0 N–H and O–H groups in total. The van der Waals surface area contributed by atoms with Crippen LogP contribution in [0.2, 0.25) is 0 Å². The van der Waals surface area contributed by atoms with E-state index >= 15 is 0 Å². The molecule has 0 fully saturated rings. The Hall–Kier alpha value is -0.880. The average molecular weight is 226 g/mol. The number of methoxy groups -OCH3 is 1. The summed E-state index contributed by atoms with van der Waals surface area (Å²) in [6, 6.07) is 0.696. The molecule has 0 unspecified atom stereocenters. The minimum Gasteiger partial charge on any atom is -0.492 e. The molecule has 4 nitrogen and oxygen atoms in total. The highest BCUT2D eigenvalue weighted by molar-refractivity contribution is 8.13. The van der Waals surface area contributed by atoms with Crippen LogP contribution in [0.5, 0.6) is 5.75 Å². The van der Waals surface area contributed by atoms with E-state index in [0.717, 1.165) is 6.20 Å². The van der Waals surface area contributed by atoms with Gasteiger partial charge in [-0.25, -0.2) is 17.8 Å². The first-order valence-electron chi connectivity index (χ1n) is 3.09. The number of hydrogen-bond acceptors (Lipinski definition) is 4. The molecule has 1 heterocycles. The second-order valence-electron chi connectivity index (χ2n) is 2.09. The van der Waals surface area contributed by atoms with Crippen LogP contribution in [0.1, 0.15) is 0 Å². The van der Waals surface area contributed by atoms with E-state index in [0.29, 0.717) is 6.07 Å². The molecule has 0 radical (unpaired) electrons. The highest BCUT2D eigenvalue weighted by Gasteiger charge is 2.14. The summed E-state index contributed by atoms with van der Waals surface area (Å²) in [4.78, 5) is 3.40. The van der Waals surface area contributed by atoms with Gasteiger partial charge in [-0.05, 0) is 0 Å². The van der Waals surface area contributed by atoms with Crippen LogP contribution in [0, 0.1) is 5.82 Å². The van der Waals surface area contributed by atoms with Crippen molar-refractivity contribution in [2.45, 2.75) is 5.03 Å². The quantitative estimate of drug-likeness (QED) is 0.709. The summed E-state index contributed by atoms with van der Waals surface area (Å²) in [7, 11) is 2.19. The van der Waals surface area contributed by atoms with Crippen LogP contribution in [-0.2, 0) is 9.05 Å². The van der Waals surface area contributed by atoms with Crippen molar-refractivity contribution in [2.75, 3.05) is 7.11 Å². The number of pyridine rings is 1. The maximum Gasteiger partial charge on any atom is 0.278 e. The van der Waals surface area contributed by atoms with E-state index in [4.69, 9.17) is 10.7 Å². The van der Waals surface area contributed by atoms with Crippen molar-refractivity contribution in [2.24, 2.45) is 0 Å². The molecular formula is C6H5ClFNO3S. The van der Waals surface area contributed by atoms with E-state index in [9.17, 15) is 12.8 Å². The predicted molar refractivity (Wildman–Crippen MR) is 43.8 cm³/mol. The van der Waals surface area contributed by atoms with Crippen LogP contribution in [0.4, 0.5) is 4.39 Å². The van der Waals surface area contributed by atoms with Gasteiger partial charge in [0.1, 0.15) is 0 Å². The highest BCUT2D eigenvalue weighted by Crippen LogP contribution is 2.19. The summed E-state index contributed by atoms with van der Waals surface area (Å²) in [5, 5.41) is -0.535. The molecule has 0 aromatic carbocycles. The van der Waals surface area contributed by atoms with Crippen LogP contribution in [0.25, 0.3) is 0 Å². The number of aromatic nitrogens is 1. The SMILES string of the molecule is COc1cnc(S(=O)(=O)Cl)cc1F. The molecule has 0 bridgehead atoms. The second kappa shape index (κ2) is 3.47. The molecule has 0 aliphatic carbocycles. The molecule has 7 heteroatoms. The van der Waals surface area contributed by atoms with E-state index < -0.39 is 19.9 Å². The third-order valence-corrected chi connectivity index (χ3v) is 2.46. The largest absolute Gasteiger partial charge is 0.492 e. The van der Waals surface area contributed by atoms with Gasteiger partial charge in [-0.3, -0.25) is 0 Å². The van der Waals surface area contributed by atoms with Crippen molar-refractivity contribution in [3.63, 3.8) is 0 Å². The molecule has 0 saturated carbocycles. The third-order valence-electron chi connectivity index (χ3n) is 1.26. The van der Waals surface area contributed by atoms with Gasteiger partial charge in [-0.2, -0.15) is 0 Å². The fourth-order valence-electron chi connectivity index (χ4n) is 0.684. The Kier molecular flexibility index (Phi) is 2.72. The Morgan fingerprint density at radius 1 is 1.62 bits per heavy atom. The van der Waals surface area contributed by atoms with Crippen molar-refractivity contribution in [3.05, 3.63) is 18.1 Å². The van der Waals surface area contributed by atoms with E-state index in [1.807, 2.05) is 0 Å². The molecule has 1 aromatic heterocycles. The Bertz CT molecular complexity index is 420. The van der Waals surface area contributed by atoms with Gasteiger partial charge >= 0.3 is 0 Å². The van der Waals surface area contributed by atoms with E-state index in [1.165, 1.54) is 7.11 Å². The molecule has 1 rings (SSSR count). The normalized spacial score (nSPS) is 11.3. The number of ether oxygens (including phenoxy) is 1. The van der Waals surface area contributed by atoms with Crippen molar-refractivity contribution < 1.29 is 17.5 Å². The third kappa shape index (κ3) is 2.28. The molecule has 0 saturated heterocycles. The number of rotatable bonds is 2. The fourth-order valence-corrected chi connectivity index (χ4v) is 1.36. The Balaban J connectivity index is 3.26. The van der Waals surface area contributed by atoms with Crippen molar-refractivity contribution in [1.29, 1.82) is 0 Å². The molecule has 13 heavy (non-hydrogen) atoms. The lowest BCUT2D eigenvalue weighted by Gasteiger charge is -2.01. The van der Waals surface area contributed by atoms with Crippen molar-refractivity contribution in [1.82, 2.24) is 4.98 Å². The molecule has 0 spiro atoms. The molecule has 0 amide bonds. The van der Waals surface area contributed by atoms with Crippen LogP contribution < -0.4 is 4.74 Å². The highest BCUT2D eigenvalue weighted by atomic mass is 35.7. The average Bonchev–Trinajstić information content (AvgIpc) is 2.02. The summed E-state index contributed by atoms with van der Waals surface area (Å²) in [6.07, 6.45) is 0.949. The lowest BCUT2D eigenvalue weighted by Crippen LogP contribution is -1.97. The second-order valence-corrected chi connectivity index (χ2v) is 4.61. The lowest BCUT2D eigenvalue weighted by atomic mass is 10.4. The molecule has 0 aliphatic rings. The Morgan fingerprint density at radius 2 is 2.23 bits per heavy atom. The van der Waals surface area contributed by atoms with Crippen molar-refractivity contribution in [3.8, 4) is 5.75 Å². The zero-order valence-electron chi connectivity index (χ0n) is 6.49. The van der Waals surface area contributed by atoms with E-state index in [1.54, 1.807) is 0 Å². The molecule has 0 aliphatic heterocycles. The number of halogens is 2. The molecule has 72 valence electrons. The molecule has 1 aromatic rings. The van der Waals surface area contributed by atoms with Gasteiger partial charge in [-0.1, -0.05) is 0 Å². The van der Waals surface area contributed by atoms with E-state index in [-0.39, 0.29) is 5.75 Å². The standard InChI is InChI=1S/C6H5ClFNO3S/c1-12-5-3-9-6(2-4(5)8)13(7,10)11/h2-3H,1H3. The Morgan fingerprint density at radius 3 is 2.62 bits per heavy atom. The first-order chi connectivity index (χ1) is 5.95. The van der Waals surface area contributed by atoms with Gasteiger partial charge in [0.2, 0.25) is 0 Å². The summed E-state index contributed by atoms with van der Waals surface area (Å²) >= 11 is 0. The van der Waals surface area contributed by atoms with Crippen LogP contribution in [0.3, 0.4) is 0 Å². The minimum absolute atomic E-state index is 0.135. The minimum atomic E-state index is -3.98. The summed E-state index contributed by atoms with van der Waals surface area (Å²) in [6.45, 7) is 0. The van der Waals surface area contributed by atoms with Gasteiger partial charge in [0.25, 0.3) is 9.05 Å². The van der Waals surface area contributed by atoms with Gasteiger partial charge in [0.05, 0.1) is 13.3 Å². The Labute approximate surface area is 78.7 Å².